The van der Waals surface area contributed by atoms with Crippen LogP contribution in [-0.2, 0) is 9.53 Å². The highest BCUT2D eigenvalue weighted by atomic mass is 35.5. The third-order valence-corrected chi connectivity index (χ3v) is 4.45. The number of hydrogen-bond acceptors (Lipinski definition) is 5. The van der Waals surface area contributed by atoms with E-state index in [1.807, 2.05) is 11.8 Å². The summed E-state index contributed by atoms with van der Waals surface area (Å²) in [7, 11) is 0. The Bertz CT molecular complexity index is 655. The van der Waals surface area contributed by atoms with Gasteiger partial charge in [-0.05, 0) is 19.1 Å². The lowest BCUT2D eigenvalue weighted by molar-refractivity contribution is -0.134. The number of thioether (sulfide) groups is 1. The van der Waals surface area contributed by atoms with Crippen molar-refractivity contribution in [3.05, 3.63) is 23.2 Å². The average Bonchev–Trinajstić information content (AvgIpc) is 2.88. The van der Waals surface area contributed by atoms with E-state index in [0.717, 1.165) is 5.52 Å². The standard InChI is InChI=1S/C14H15ClN2O3S/c1-9(13(18)17-4-6-19-7-5-17)21-14-16-11-3-2-10(15)8-12(11)20-14/h2-3,8-9H,4-7H2,1H3/t9-/m0/s1. The van der Waals surface area contributed by atoms with Crippen LogP contribution >= 0.6 is 23.4 Å². The zero-order chi connectivity index (χ0) is 14.8. The highest BCUT2D eigenvalue weighted by Gasteiger charge is 2.24. The number of halogens is 1. The third-order valence-electron chi connectivity index (χ3n) is 3.28. The first-order chi connectivity index (χ1) is 10.1. The predicted molar refractivity (Wildman–Crippen MR) is 81.7 cm³/mol. The number of benzene rings is 1. The van der Waals surface area contributed by atoms with Crippen LogP contribution in [0.3, 0.4) is 0 Å². The lowest BCUT2D eigenvalue weighted by Crippen LogP contribution is -2.44. The quantitative estimate of drug-likeness (QED) is 0.812. The molecule has 2 heterocycles. The molecule has 0 bridgehead atoms. The van der Waals surface area contributed by atoms with Gasteiger partial charge in [0.25, 0.3) is 5.22 Å². The number of ether oxygens (including phenoxy) is 1. The molecule has 0 N–H and O–H groups in total. The van der Waals surface area contributed by atoms with Crippen LogP contribution in [0.15, 0.2) is 27.8 Å². The molecule has 7 heteroatoms. The third kappa shape index (κ3) is 3.33. The van der Waals surface area contributed by atoms with Crippen molar-refractivity contribution in [3.63, 3.8) is 0 Å². The van der Waals surface area contributed by atoms with Gasteiger partial charge in [-0.25, -0.2) is 4.98 Å². The number of aromatic nitrogens is 1. The number of hydrogen-bond donors (Lipinski definition) is 0. The van der Waals surface area contributed by atoms with Crippen LogP contribution in [0.1, 0.15) is 6.92 Å². The first-order valence-corrected chi connectivity index (χ1v) is 7.98. The molecule has 21 heavy (non-hydrogen) atoms. The average molecular weight is 327 g/mol. The van der Waals surface area contributed by atoms with E-state index < -0.39 is 0 Å². The van der Waals surface area contributed by atoms with Crippen molar-refractivity contribution in [3.8, 4) is 0 Å². The van der Waals surface area contributed by atoms with Crippen molar-refractivity contribution in [2.75, 3.05) is 26.3 Å². The Hall–Kier alpha value is -1.24. The first kappa shape index (κ1) is 14.7. The van der Waals surface area contributed by atoms with Gasteiger partial charge in [0.1, 0.15) is 5.52 Å². The molecule has 1 aliphatic heterocycles. The molecule has 1 aromatic heterocycles. The van der Waals surface area contributed by atoms with E-state index >= 15 is 0 Å². The maximum Gasteiger partial charge on any atom is 0.257 e. The van der Waals surface area contributed by atoms with Gasteiger partial charge in [0.2, 0.25) is 5.91 Å². The van der Waals surface area contributed by atoms with Crippen molar-refractivity contribution in [2.24, 2.45) is 0 Å². The van der Waals surface area contributed by atoms with E-state index in [1.54, 1.807) is 18.2 Å². The molecule has 1 atom stereocenters. The van der Waals surface area contributed by atoms with Gasteiger partial charge in [0, 0.05) is 24.2 Å². The molecule has 1 saturated heterocycles. The maximum atomic E-state index is 12.3. The first-order valence-electron chi connectivity index (χ1n) is 6.73. The Labute approximate surface area is 131 Å². The van der Waals surface area contributed by atoms with Crippen LogP contribution in [0, 0.1) is 0 Å². The van der Waals surface area contributed by atoms with Crippen molar-refractivity contribution >= 4 is 40.4 Å². The fourth-order valence-corrected chi connectivity index (χ4v) is 3.17. The molecule has 2 aromatic rings. The summed E-state index contributed by atoms with van der Waals surface area (Å²) >= 11 is 7.24. The Kier molecular flexibility index (Phi) is 4.37. The summed E-state index contributed by atoms with van der Waals surface area (Å²) in [6.45, 7) is 4.36. The Balaban J connectivity index is 1.70. The van der Waals surface area contributed by atoms with E-state index in [0.29, 0.717) is 42.1 Å². The largest absolute Gasteiger partial charge is 0.431 e. The number of carbonyl (C=O) groups is 1. The van der Waals surface area contributed by atoms with Crippen molar-refractivity contribution in [1.82, 2.24) is 9.88 Å². The minimum absolute atomic E-state index is 0.0867. The lowest BCUT2D eigenvalue weighted by Gasteiger charge is -2.28. The summed E-state index contributed by atoms with van der Waals surface area (Å²) < 4.78 is 10.9. The second-order valence-electron chi connectivity index (χ2n) is 4.79. The number of fused-ring (bicyclic) bond motifs is 1. The zero-order valence-corrected chi connectivity index (χ0v) is 13.1. The molecule has 0 saturated carbocycles. The molecular weight excluding hydrogens is 312 g/mol. The molecule has 0 aliphatic carbocycles. The summed E-state index contributed by atoms with van der Waals surface area (Å²) in [6.07, 6.45) is 0. The van der Waals surface area contributed by atoms with Gasteiger partial charge in [0.15, 0.2) is 5.58 Å². The van der Waals surface area contributed by atoms with Crippen molar-refractivity contribution in [1.29, 1.82) is 0 Å². The highest BCUT2D eigenvalue weighted by Crippen LogP contribution is 2.29. The molecule has 1 aromatic carbocycles. The van der Waals surface area contributed by atoms with Crippen molar-refractivity contribution in [2.45, 2.75) is 17.4 Å². The Morgan fingerprint density at radius 2 is 2.19 bits per heavy atom. The van der Waals surface area contributed by atoms with E-state index in [-0.39, 0.29) is 11.2 Å². The summed E-state index contributed by atoms with van der Waals surface area (Å²) in [5, 5.41) is 0.848. The van der Waals surface area contributed by atoms with E-state index in [1.165, 1.54) is 11.8 Å². The topological polar surface area (TPSA) is 55.6 Å². The molecule has 0 unspecified atom stereocenters. The molecular formula is C14H15ClN2O3S. The second-order valence-corrected chi connectivity index (χ2v) is 6.52. The summed E-state index contributed by atoms with van der Waals surface area (Å²) in [5.74, 6) is 0.0867. The lowest BCUT2D eigenvalue weighted by atomic mass is 10.3. The van der Waals surface area contributed by atoms with Crippen LogP contribution in [0.2, 0.25) is 5.02 Å². The normalized spacial score (nSPS) is 17.1. The van der Waals surface area contributed by atoms with Gasteiger partial charge >= 0.3 is 0 Å². The monoisotopic (exact) mass is 326 g/mol. The van der Waals surface area contributed by atoms with E-state index in [2.05, 4.69) is 4.98 Å². The second kappa shape index (κ2) is 6.25. The van der Waals surface area contributed by atoms with Crippen LogP contribution in [-0.4, -0.2) is 47.3 Å². The number of morpholine rings is 1. The molecule has 0 spiro atoms. The van der Waals surface area contributed by atoms with Crippen LogP contribution in [0.5, 0.6) is 0 Å². The fourth-order valence-electron chi connectivity index (χ4n) is 2.17. The van der Waals surface area contributed by atoms with Gasteiger partial charge < -0.3 is 14.1 Å². The van der Waals surface area contributed by atoms with Crippen LogP contribution < -0.4 is 0 Å². The van der Waals surface area contributed by atoms with Gasteiger partial charge in [0.05, 0.1) is 18.5 Å². The van der Waals surface area contributed by atoms with E-state index in [4.69, 9.17) is 20.8 Å². The maximum absolute atomic E-state index is 12.3. The number of carbonyl (C=O) groups excluding carboxylic acids is 1. The van der Waals surface area contributed by atoms with Gasteiger partial charge in [-0.15, -0.1) is 0 Å². The molecule has 3 rings (SSSR count). The van der Waals surface area contributed by atoms with Gasteiger partial charge in [-0.2, -0.15) is 0 Å². The van der Waals surface area contributed by atoms with E-state index in [9.17, 15) is 4.79 Å². The highest BCUT2D eigenvalue weighted by molar-refractivity contribution is 8.00. The van der Waals surface area contributed by atoms with Crippen molar-refractivity contribution < 1.29 is 13.9 Å². The molecule has 1 fully saturated rings. The van der Waals surface area contributed by atoms with Crippen LogP contribution in [0.25, 0.3) is 11.1 Å². The molecule has 1 aliphatic rings. The molecule has 5 nitrogen and oxygen atoms in total. The Morgan fingerprint density at radius 3 is 2.95 bits per heavy atom. The number of nitrogens with zero attached hydrogens (tertiary/aromatic N) is 2. The summed E-state index contributed by atoms with van der Waals surface area (Å²) in [5.41, 5.74) is 1.38. The molecule has 1 amide bonds. The summed E-state index contributed by atoms with van der Waals surface area (Å²) in [4.78, 5) is 18.5. The minimum atomic E-state index is -0.244. The summed E-state index contributed by atoms with van der Waals surface area (Å²) in [6, 6.07) is 5.30. The number of oxazole rings is 1. The predicted octanol–water partition coefficient (Wildman–Crippen LogP) is 2.82. The van der Waals surface area contributed by atoms with Gasteiger partial charge in [-0.1, -0.05) is 23.4 Å². The Morgan fingerprint density at radius 1 is 1.43 bits per heavy atom. The fraction of sp³-hybridized carbons (Fsp3) is 0.429. The zero-order valence-electron chi connectivity index (χ0n) is 11.5. The molecule has 0 radical (unpaired) electrons. The number of amides is 1. The van der Waals surface area contributed by atoms with Crippen LogP contribution in [0.4, 0.5) is 0 Å². The van der Waals surface area contributed by atoms with Gasteiger partial charge in [-0.3, -0.25) is 4.79 Å². The number of rotatable bonds is 3. The SMILES string of the molecule is C[C@H](Sc1nc2ccc(Cl)cc2o1)C(=O)N1CCOCC1. The smallest absolute Gasteiger partial charge is 0.257 e. The molecule has 112 valence electrons. The minimum Gasteiger partial charge on any atom is -0.431 e.